The molecule has 19 heavy (non-hydrogen) atoms. The molecular weight excluding hydrogens is 244 g/mol. The van der Waals surface area contributed by atoms with E-state index in [2.05, 4.69) is 9.97 Å². The molecule has 0 spiro atoms. The molecule has 0 aliphatic rings. The summed E-state index contributed by atoms with van der Waals surface area (Å²) < 4.78 is 5.17. The maximum atomic E-state index is 10.7. The van der Waals surface area contributed by atoms with E-state index in [1.807, 2.05) is 31.2 Å². The van der Waals surface area contributed by atoms with Gasteiger partial charge in [-0.05, 0) is 24.6 Å². The average molecular weight is 260 g/mol. The van der Waals surface area contributed by atoms with Gasteiger partial charge >= 0.3 is 5.97 Å². The Morgan fingerprint density at radius 2 is 2.26 bits per heavy atom. The number of nitrogens with zero attached hydrogens (tertiary/aromatic N) is 1. The molecule has 0 bridgehead atoms. The number of hydrogen-bond acceptors (Lipinski definition) is 3. The summed E-state index contributed by atoms with van der Waals surface area (Å²) in [7, 11) is 1.63. The maximum Gasteiger partial charge on any atom is 0.309 e. The van der Waals surface area contributed by atoms with Gasteiger partial charge < -0.3 is 14.8 Å². The van der Waals surface area contributed by atoms with Crippen LogP contribution in [0.4, 0.5) is 0 Å². The summed E-state index contributed by atoms with van der Waals surface area (Å²) in [6.07, 6.45) is 0.568. The fourth-order valence-electron chi connectivity index (χ4n) is 1.94. The van der Waals surface area contributed by atoms with E-state index in [-0.39, 0.29) is 6.42 Å². The Balaban J connectivity index is 2.16. The predicted octanol–water partition coefficient (Wildman–Crippen LogP) is 1.94. The Morgan fingerprint density at radius 1 is 1.47 bits per heavy atom. The van der Waals surface area contributed by atoms with Crippen molar-refractivity contribution in [3.8, 4) is 5.75 Å². The van der Waals surface area contributed by atoms with Crippen molar-refractivity contribution in [2.45, 2.75) is 19.8 Å². The van der Waals surface area contributed by atoms with Gasteiger partial charge in [0.15, 0.2) is 0 Å². The van der Waals surface area contributed by atoms with E-state index in [4.69, 9.17) is 9.84 Å². The lowest BCUT2D eigenvalue weighted by molar-refractivity contribution is -0.136. The lowest BCUT2D eigenvalue weighted by Crippen LogP contribution is -2.01. The van der Waals surface area contributed by atoms with Crippen LogP contribution < -0.4 is 4.74 Å². The van der Waals surface area contributed by atoms with E-state index in [0.29, 0.717) is 12.1 Å². The third-order valence-corrected chi connectivity index (χ3v) is 2.86. The summed E-state index contributed by atoms with van der Waals surface area (Å²) in [5.74, 6) is 0.691. The van der Waals surface area contributed by atoms with Crippen molar-refractivity contribution in [3.05, 3.63) is 47.0 Å². The fourth-order valence-corrected chi connectivity index (χ4v) is 1.94. The molecule has 5 nitrogen and oxygen atoms in total. The lowest BCUT2D eigenvalue weighted by atomic mass is 10.1. The SMILES string of the molecule is COc1cccc(Cc2nc(CC(=O)O)c(C)[nH]2)c1. The van der Waals surface area contributed by atoms with E-state index in [0.717, 1.165) is 22.8 Å². The quantitative estimate of drug-likeness (QED) is 0.861. The highest BCUT2D eigenvalue weighted by atomic mass is 16.5. The summed E-state index contributed by atoms with van der Waals surface area (Å²) in [5.41, 5.74) is 2.46. The molecule has 5 heteroatoms. The summed E-state index contributed by atoms with van der Waals surface area (Å²) in [6.45, 7) is 1.83. The van der Waals surface area contributed by atoms with Crippen molar-refractivity contribution in [2.24, 2.45) is 0 Å². The Bertz CT molecular complexity index is 590. The molecule has 0 saturated carbocycles. The molecule has 0 atom stereocenters. The molecule has 0 unspecified atom stereocenters. The second kappa shape index (κ2) is 5.56. The van der Waals surface area contributed by atoms with Crippen LogP contribution in [0.5, 0.6) is 5.75 Å². The van der Waals surface area contributed by atoms with Gasteiger partial charge in [0.05, 0.1) is 19.2 Å². The molecule has 0 radical (unpaired) electrons. The number of nitrogens with one attached hydrogen (secondary N) is 1. The summed E-state index contributed by atoms with van der Waals surface area (Å²) in [4.78, 5) is 18.1. The number of carbonyl (C=O) groups is 1. The smallest absolute Gasteiger partial charge is 0.309 e. The molecule has 1 heterocycles. The van der Waals surface area contributed by atoms with Gasteiger partial charge in [-0.1, -0.05) is 12.1 Å². The monoisotopic (exact) mass is 260 g/mol. The minimum atomic E-state index is -0.873. The van der Waals surface area contributed by atoms with Crippen LogP contribution in [-0.2, 0) is 17.6 Å². The highest BCUT2D eigenvalue weighted by Crippen LogP contribution is 2.16. The summed E-state index contributed by atoms with van der Waals surface area (Å²) in [5, 5.41) is 8.79. The van der Waals surface area contributed by atoms with Gasteiger partial charge in [-0.2, -0.15) is 0 Å². The normalized spacial score (nSPS) is 10.4. The highest BCUT2D eigenvalue weighted by molar-refractivity contribution is 5.69. The molecule has 2 aromatic rings. The molecule has 2 rings (SSSR count). The number of methoxy groups -OCH3 is 1. The van der Waals surface area contributed by atoms with Gasteiger partial charge in [-0.25, -0.2) is 4.98 Å². The number of aromatic nitrogens is 2. The maximum absolute atomic E-state index is 10.7. The van der Waals surface area contributed by atoms with Crippen molar-refractivity contribution in [3.63, 3.8) is 0 Å². The van der Waals surface area contributed by atoms with Crippen LogP contribution in [-0.4, -0.2) is 28.2 Å². The van der Waals surface area contributed by atoms with Crippen LogP contribution in [0.2, 0.25) is 0 Å². The van der Waals surface area contributed by atoms with E-state index in [1.54, 1.807) is 7.11 Å². The number of aliphatic carboxylic acids is 1. The Morgan fingerprint density at radius 3 is 2.95 bits per heavy atom. The molecule has 0 fully saturated rings. The van der Waals surface area contributed by atoms with Crippen molar-refractivity contribution >= 4 is 5.97 Å². The number of imidazole rings is 1. The number of H-pyrrole nitrogens is 1. The van der Waals surface area contributed by atoms with E-state index in [9.17, 15) is 4.79 Å². The van der Waals surface area contributed by atoms with Crippen molar-refractivity contribution < 1.29 is 14.6 Å². The molecule has 0 amide bonds. The first-order valence-electron chi connectivity index (χ1n) is 5.97. The van der Waals surface area contributed by atoms with Crippen molar-refractivity contribution in [1.82, 2.24) is 9.97 Å². The van der Waals surface area contributed by atoms with Crippen LogP contribution >= 0.6 is 0 Å². The number of aromatic amines is 1. The second-order valence-electron chi connectivity index (χ2n) is 4.35. The zero-order chi connectivity index (χ0) is 13.8. The van der Waals surface area contributed by atoms with Gasteiger partial charge in [0.1, 0.15) is 11.6 Å². The Hall–Kier alpha value is -2.30. The van der Waals surface area contributed by atoms with E-state index in [1.165, 1.54) is 0 Å². The number of hydrogen-bond donors (Lipinski definition) is 2. The second-order valence-corrected chi connectivity index (χ2v) is 4.35. The van der Waals surface area contributed by atoms with Gasteiger partial charge in [0.25, 0.3) is 0 Å². The molecule has 2 N–H and O–H groups in total. The highest BCUT2D eigenvalue weighted by Gasteiger charge is 2.10. The average Bonchev–Trinajstić information content (AvgIpc) is 2.69. The van der Waals surface area contributed by atoms with Crippen LogP contribution in [0, 0.1) is 6.92 Å². The number of carboxylic acid groups (broad SMARTS) is 1. The largest absolute Gasteiger partial charge is 0.497 e. The third kappa shape index (κ3) is 3.34. The predicted molar refractivity (Wildman–Crippen MR) is 70.5 cm³/mol. The molecule has 0 saturated heterocycles. The standard InChI is InChI=1S/C14H16N2O3/c1-9-12(8-14(17)18)16-13(15-9)7-10-4-3-5-11(6-10)19-2/h3-6H,7-8H2,1-2H3,(H,15,16)(H,17,18). The van der Waals surface area contributed by atoms with Gasteiger partial charge in [-0.15, -0.1) is 0 Å². The summed E-state index contributed by atoms with van der Waals surface area (Å²) in [6, 6.07) is 7.72. The Kier molecular flexibility index (Phi) is 3.85. The number of aryl methyl sites for hydroxylation is 1. The molecule has 100 valence electrons. The third-order valence-electron chi connectivity index (χ3n) is 2.86. The molecule has 0 aliphatic heterocycles. The first-order valence-corrected chi connectivity index (χ1v) is 5.97. The minimum absolute atomic E-state index is 0.0551. The zero-order valence-corrected chi connectivity index (χ0v) is 10.9. The Labute approximate surface area is 111 Å². The van der Waals surface area contributed by atoms with E-state index < -0.39 is 5.97 Å². The van der Waals surface area contributed by atoms with Gasteiger partial charge in [-0.3, -0.25) is 4.79 Å². The van der Waals surface area contributed by atoms with Gasteiger partial charge in [0, 0.05) is 12.1 Å². The number of carboxylic acids is 1. The zero-order valence-electron chi connectivity index (χ0n) is 10.9. The van der Waals surface area contributed by atoms with Crippen molar-refractivity contribution in [1.29, 1.82) is 0 Å². The van der Waals surface area contributed by atoms with Gasteiger partial charge in [0.2, 0.25) is 0 Å². The minimum Gasteiger partial charge on any atom is -0.497 e. The molecule has 1 aromatic heterocycles. The van der Waals surface area contributed by atoms with Crippen molar-refractivity contribution in [2.75, 3.05) is 7.11 Å². The topological polar surface area (TPSA) is 75.2 Å². The molecular formula is C14H16N2O3. The van der Waals surface area contributed by atoms with E-state index >= 15 is 0 Å². The lowest BCUT2D eigenvalue weighted by Gasteiger charge is -2.02. The van der Waals surface area contributed by atoms with Crippen LogP contribution in [0.15, 0.2) is 24.3 Å². The van der Waals surface area contributed by atoms with Crippen LogP contribution in [0.1, 0.15) is 22.8 Å². The molecule has 1 aromatic carbocycles. The first kappa shape index (κ1) is 13.1. The fraction of sp³-hybridized carbons (Fsp3) is 0.286. The number of benzene rings is 1. The van der Waals surface area contributed by atoms with Crippen LogP contribution in [0.25, 0.3) is 0 Å². The number of rotatable bonds is 5. The summed E-state index contributed by atoms with van der Waals surface area (Å²) >= 11 is 0. The first-order chi connectivity index (χ1) is 9.08. The molecule has 0 aliphatic carbocycles. The number of ether oxygens (including phenoxy) is 1. The van der Waals surface area contributed by atoms with Crippen LogP contribution in [0.3, 0.4) is 0 Å².